The second-order valence-corrected chi connectivity index (χ2v) is 10.3. The molecule has 176 valence electrons. The Balaban J connectivity index is 1.30. The van der Waals surface area contributed by atoms with Crippen LogP contribution in [0, 0.1) is 0 Å². The van der Waals surface area contributed by atoms with E-state index in [0.717, 1.165) is 25.9 Å². The summed E-state index contributed by atoms with van der Waals surface area (Å²) in [4.78, 5) is 16.8. The molecule has 2 N–H and O–H groups in total. The van der Waals surface area contributed by atoms with Crippen molar-refractivity contribution in [2.24, 2.45) is 5.14 Å². The SMILES string of the molecule is NS(=O)(=O)c1ccc(OC(=O)N2CCN(C3c4ccccc4CCc4ccccc43)CC2)cc1. The highest BCUT2D eigenvalue weighted by molar-refractivity contribution is 7.89. The van der Waals surface area contributed by atoms with Crippen molar-refractivity contribution in [1.82, 2.24) is 9.80 Å². The van der Waals surface area contributed by atoms with Crippen molar-refractivity contribution >= 4 is 16.1 Å². The van der Waals surface area contributed by atoms with E-state index in [4.69, 9.17) is 9.88 Å². The zero-order chi connectivity index (χ0) is 23.7. The van der Waals surface area contributed by atoms with Crippen molar-refractivity contribution in [3.63, 3.8) is 0 Å². The molecule has 1 amide bonds. The van der Waals surface area contributed by atoms with Crippen molar-refractivity contribution in [1.29, 1.82) is 0 Å². The van der Waals surface area contributed by atoms with Crippen LogP contribution in [0.1, 0.15) is 28.3 Å². The highest BCUT2D eigenvalue weighted by atomic mass is 32.2. The van der Waals surface area contributed by atoms with Gasteiger partial charge in [-0.2, -0.15) is 0 Å². The van der Waals surface area contributed by atoms with Gasteiger partial charge in [-0.1, -0.05) is 48.5 Å². The third kappa shape index (κ3) is 4.57. The van der Waals surface area contributed by atoms with Gasteiger partial charge in [-0.3, -0.25) is 4.90 Å². The Morgan fingerprint density at radius 1 is 0.794 bits per heavy atom. The highest BCUT2D eigenvalue weighted by Gasteiger charge is 2.32. The molecule has 0 bridgehead atoms. The summed E-state index contributed by atoms with van der Waals surface area (Å²) in [6, 6.07) is 23.0. The van der Waals surface area contributed by atoms with Crippen LogP contribution in [0.25, 0.3) is 0 Å². The van der Waals surface area contributed by atoms with E-state index in [0.29, 0.717) is 13.1 Å². The van der Waals surface area contributed by atoms with Crippen molar-refractivity contribution in [2.75, 3.05) is 26.2 Å². The number of carbonyl (C=O) groups is 1. The van der Waals surface area contributed by atoms with Gasteiger partial charge in [-0.15, -0.1) is 0 Å². The molecule has 1 fully saturated rings. The number of ether oxygens (including phenoxy) is 1. The van der Waals surface area contributed by atoms with Gasteiger partial charge in [0.05, 0.1) is 10.9 Å². The predicted molar refractivity (Wildman–Crippen MR) is 129 cm³/mol. The van der Waals surface area contributed by atoms with E-state index in [1.54, 1.807) is 4.90 Å². The number of fused-ring (bicyclic) bond motifs is 2. The topological polar surface area (TPSA) is 92.9 Å². The van der Waals surface area contributed by atoms with Gasteiger partial charge in [0.15, 0.2) is 0 Å². The molecule has 8 heteroatoms. The molecular weight excluding hydrogens is 450 g/mol. The van der Waals surface area contributed by atoms with Crippen molar-refractivity contribution in [2.45, 2.75) is 23.8 Å². The van der Waals surface area contributed by atoms with Crippen LogP contribution in [0.2, 0.25) is 0 Å². The maximum atomic E-state index is 12.7. The molecule has 0 spiro atoms. The minimum Gasteiger partial charge on any atom is -0.410 e. The first-order valence-corrected chi connectivity index (χ1v) is 12.9. The van der Waals surface area contributed by atoms with Gasteiger partial charge in [0, 0.05) is 26.2 Å². The number of nitrogens with two attached hydrogens (primary N) is 1. The fraction of sp³-hybridized carbons (Fsp3) is 0.269. The summed E-state index contributed by atoms with van der Waals surface area (Å²) < 4.78 is 28.3. The van der Waals surface area contributed by atoms with E-state index in [-0.39, 0.29) is 16.7 Å². The van der Waals surface area contributed by atoms with Crippen LogP contribution in [0.3, 0.4) is 0 Å². The van der Waals surface area contributed by atoms with E-state index in [2.05, 4.69) is 53.4 Å². The molecule has 0 aromatic heterocycles. The normalized spacial score (nSPS) is 16.9. The lowest BCUT2D eigenvalue weighted by atomic mass is 9.93. The van der Waals surface area contributed by atoms with Crippen LogP contribution >= 0.6 is 0 Å². The molecule has 3 aromatic carbocycles. The number of rotatable bonds is 3. The molecule has 0 saturated carbocycles. The number of nitrogens with zero attached hydrogens (tertiary/aromatic N) is 2. The van der Waals surface area contributed by atoms with E-state index >= 15 is 0 Å². The van der Waals surface area contributed by atoms with Crippen molar-refractivity contribution in [3.8, 4) is 5.75 Å². The number of amides is 1. The summed E-state index contributed by atoms with van der Waals surface area (Å²) in [7, 11) is -3.79. The van der Waals surface area contributed by atoms with Gasteiger partial charge in [-0.05, 0) is 59.4 Å². The Labute approximate surface area is 199 Å². The van der Waals surface area contributed by atoms with E-state index in [9.17, 15) is 13.2 Å². The smallest absolute Gasteiger partial charge is 0.410 e. The quantitative estimate of drug-likeness (QED) is 0.625. The molecule has 5 rings (SSSR count). The Bertz CT molecular complexity index is 1250. The lowest BCUT2D eigenvalue weighted by Crippen LogP contribution is -2.50. The average Bonchev–Trinajstić information content (AvgIpc) is 3.01. The largest absolute Gasteiger partial charge is 0.415 e. The van der Waals surface area contributed by atoms with Crippen LogP contribution in [0.5, 0.6) is 5.75 Å². The molecule has 1 saturated heterocycles. The first-order chi connectivity index (χ1) is 16.4. The third-order valence-corrected chi connectivity index (χ3v) is 7.59. The standard InChI is InChI=1S/C26H27N3O4S/c27-34(31,32)22-13-11-21(12-14-22)33-26(30)29-17-15-28(16-18-29)25-23-7-3-1-5-19(23)9-10-20-6-2-4-8-24(20)25/h1-8,11-14,25H,9-10,15-18H2,(H2,27,31,32). The lowest BCUT2D eigenvalue weighted by Gasteiger charge is -2.39. The first kappa shape index (κ1) is 22.6. The van der Waals surface area contributed by atoms with Crippen LogP contribution in [0.4, 0.5) is 4.79 Å². The molecule has 1 heterocycles. The Morgan fingerprint density at radius 2 is 1.32 bits per heavy atom. The van der Waals surface area contributed by atoms with E-state index < -0.39 is 16.1 Å². The summed E-state index contributed by atoms with van der Waals surface area (Å²) in [5.74, 6) is 0.284. The Hall–Kier alpha value is -3.20. The summed E-state index contributed by atoms with van der Waals surface area (Å²) >= 11 is 0. The first-order valence-electron chi connectivity index (χ1n) is 11.4. The van der Waals surface area contributed by atoms with E-state index in [1.165, 1.54) is 46.5 Å². The van der Waals surface area contributed by atoms with Gasteiger partial charge in [0.2, 0.25) is 10.0 Å². The molecule has 0 unspecified atom stereocenters. The maximum Gasteiger partial charge on any atom is 0.415 e. The number of aryl methyl sites for hydroxylation is 2. The fourth-order valence-corrected chi connectivity index (χ4v) is 5.43. The van der Waals surface area contributed by atoms with Gasteiger partial charge < -0.3 is 9.64 Å². The van der Waals surface area contributed by atoms with Crippen LogP contribution in [-0.2, 0) is 22.9 Å². The molecule has 7 nitrogen and oxygen atoms in total. The third-order valence-electron chi connectivity index (χ3n) is 6.66. The molecule has 1 aliphatic heterocycles. The Kier molecular flexibility index (Phi) is 6.12. The summed E-state index contributed by atoms with van der Waals surface area (Å²) in [5.41, 5.74) is 5.46. The fourth-order valence-electron chi connectivity index (χ4n) is 4.91. The molecule has 0 radical (unpaired) electrons. The summed E-state index contributed by atoms with van der Waals surface area (Å²) in [5, 5.41) is 5.12. The number of primary sulfonamides is 1. The number of hydrogen-bond acceptors (Lipinski definition) is 5. The van der Waals surface area contributed by atoms with E-state index in [1.807, 2.05) is 0 Å². The predicted octanol–water partition coefficient (Wildman–Crippen LogP) is 3.34. The van der Waals surface area contributed by atoms with Crippen molar-refractivity contribution in [3.05, 3.63) is 95.1 Å². The molecule has 3 aromatic rings. The number of carbonyl (C=O) groups excluding carboxylic acids is 1. The maximum absolute atomic E-state index is 12.7. The number of benzene rings is 3. The zero-order valence-electron chi connectivity index (χ0n) is 18.8. The van der Waals surface area contributed by atoms with Gasteiger partial charge in [-0.25, -0.2) is 18.4 Å². The van der Waals surface area contributed by atoms with Gasteiger partial charge >= 0.3 is 6.09 Å². The molecule has 1 aliphatic carbocycles. The molecular formula is C26H27N3O4S. The summed E-state index contributed by atoms with van der Waals surface area (Å²) in [6.07, 6.45) is 1.62. The number of sulfonamides is 1. The second kappa shape index (κ2) is 9.21. The highest BCUT2D eigenvalue weighted by Crippen LogP contribution is 2.37. The lowest BCUT2D eigenvalue weighted by molar-refractivity contribution is 0.0973. The molecule has 0 atom stereocenters. The number of piperazine rings is 1. The number of hydrogen-bond donors (Lipinski definition) is 1. The van der Waals surface area contributed by atoms with Gasteiger partial charge in [0.25, 0.3) is 0 Å². The molecule has 2 aliphatic rings. The minimum atomic E-state index is -3.79. The van der Waals surface area contributed by atoms with Crippen LogP contribution in [-0.4, -0.2) is 50.5 Å². The van der Waals surface area contributed by atoms with Crippen LogP contribution in [0.15, 0.2) is 77.7 Å². The summed E-state index contributed by atoms with van der Waals surface area (Å²) in [6.45, 7) is 2.56. The zero-order valence-corrected chi connectivity index (χ0v) is 19.6. The second-order valence-electron chi connectivity index (χ2n) is 8.71. The Morgan fingerprint density at radius 3 is 1.85 bits per heavy atom. The van der Waals surface area contributed by atoms with Crippen molar-refractivity contribution < 1.29 is 17.9 Å². The monoisotopic (exact) mass is 477 g/mol. The van der Waals surface area contributed by atoms with Crippen LogP contribution < -0.4 is 9.88 Å². The van der Waals surface area contributed by atoms with Gasteiger partial charge in [0.1, 0.15) is 5.75 Å². The average molecular weight is 478 g/mol. The minimum absolute atomic E-state index is 0.0233. The molecule has 34 heavy (non-hydrogen) atoms.